The van der Waals surface area contributed by atoms with Gasteiger partial charge in [-0.15, -0.1) is 10.2 Å². The van der Waals surface area contributed by atoms with Crippen LogP contribution < -0.4 is 4.90 Å². The van der Waals surface area contributed by atoms with Crippen LogP contribution in [0.25, 0.3) is 11.3 Å². The van der Waals surface area contributed by atoms with Crippen LogP contribution in [0.5, 0.6) is 0 Å². The first-order valence-corrected chi connectivity index (χ1v) is 11.7. The zero-order valence-electron chi connectivity index (χ0n) is 15.7. The van der Waals surface area contributed by atoms with E-state index >= 15 is 0 Å². The summed E-state index contributed by atoms with van der Waals surface area (Å²) in [5.74, 6) is 0.700. The van der Waals surface area contributed by atoms with Gasteiger partial charge in [-0.2, -0.15) is 4.31 Å². The highest BCUT2D eigenvalue weighted by molar-refractivity contribution is 7.89. The second-order valence-corrected chi connectivity index (χ2v) is 9.85. The van der Waals surface area contributed by atoms with Crippen molar-refractivity contribution in [2.45, 2.75) is 4.90 Å². The summed E-state index contributed by atoms with van der Waals surface area (Å²) in [6.45, 7) is 1.61. The van der Waals surface area contributed by atoms with Crippen LogP contribution in [-0.4, -0.2) is 49.1 Å². The largest absolute Gasteiger partial charge is 0.352 e. The molecule has 0 radical (unpaired) electrons. The molecule has 156 valence electrons. The van der Waals surface area contributed by atoms with Crippen molar-refractivity contribution in [3.63, 3.8) is 0 Å². The molecule has 1 fully saturated rings. The van der Waals surface area contributed by atoms with E-state index < -0.39 is 10.0 Å². The van der Waals surface area contributed by atoms with Gasteiger partial charge < -0.3 is 4.90 Å². The smallest absolute Gasteiger partial charge is 0.244 e. The number of sulfonamides is 1. The molecule has 0 bridgehead atoms. The number of hydrogen-bond acceptors (Lipinski definition) is 5. The monoisotopic (exact) mass is 482 g/mol. The maximum absolute atomic E-state index is 13.0. The minimum absolute atomic E-state index is 0.0252. The molecule has 0 unspecified atom stereocenters. The Morgan fingerprint density at radius 1 is 0.800 bits per heavy atom. The van der Waals surface area contributed by atoms with Gasteiger partial charge in [0.2, 0.25) is 10.0 Å². The molecular weight excluding hydrogens is 467 g/mol. The fraction of sp³-hybridized carbons (Fsp3) is 0.200. The topological polar surface area (TPSA) is 66.4 Å². The standard InChI is InChI=1S/C20H17Cl3N4O2S/c21-15-6-4-14(5-7-15)17-8-9-19(25-24-17)26-10-12-27(13-11-26)30(28,29)18-3-1-2-16(22)20(18)23/h1-9H,10-13H2. The number of aromatic nitrogens is 2. The Morgan fingerprint density at radius 2 is 1.50 bits per heavy atom. The lowest BCUT2D eigenvalue weighted by Gasteiger charge is -2.34. The molecule has 0 N–H and O–H groups in total. The van der Waals surface area contributed by atoms with E-state index in [1.54, 1.807) is 24.3 Å². The van der Waals surface area contributed by atoms with Crippen LogP contribution >= 0.6 is 34.8 Å². The molecule has 3 aromatic rings. The third kappa shape index (κ3) is 4.26. The van der Waals surface area contributed by atoms with Gasteiger partial charge in [-0.1, -0.05) is 53.0 Å². The summed E-state index contributed by atoms with van der Waals surface area (Å²) in [6, 6.07) is 15.8. The van der Waals surface area contributed by atoms with Crippen molar-refractivity contribution < 1.29 is 8.42 Å². The first-order valence-electron chi connectivity index (χ1n) is 9.15. The van der Waals surface area contributed by atoms with Gasteiger partial charge in [0.1, 0.15) is 4.90 Å². The minimum Gasteiger partial charge on any atom is -0.352 e. The van der Waals surface area contributed by atoms with Crippen LogP contribution in [-0.2, 0) is 10.0 Å². The lowest BCUT2D eigenvalue weighted by molar-refractivity contribution is 0.383. The molecule has 2 aromatic carbocycles. The summed E-state index contributed by atoms with van der Waals surface area (Å²) in [5, 5.41) is 9.52. The van der Waals surface area contributed by atoms with E-state index in [1.165, 1.54) is 10.4 Å². The summed E-state index contributed by atoms with van der Waals surface area (Å²) >= 11 is 18.0. The maximum Gasteiger partial charge on any atom is 0.244 e. The van der Waals surface area contributed by atoms with E-state index in [0.29, 0.717) is 37.0 Å². The van der Waals surface area contributed by atoms with Crippen molar-refractivity contribution in [2.24, 2.45) is 0 Å². The SMILES string of the molecule is O=S(=O)(c1cccc(Cl)c1Cl)N1CCN(c2ccc(-c3ccc(Cl)cc3)nn2)CC1. The van der Waals surface area contributed by atoms with E-state index in [-0.39, 0.29) is 14.9 Å². The number of nitrogens with zero attached hydrogens (tertiary/aromatic N) is 4. The molecule has 2 heterocycles. The molecule has 0 atom stereocenters. The van der Waals surface area contributed by atoms with E-state index in [1.807, 2.05) is 29.2 Å². The third-order valence-electron chi connectivity index (χ3n) is 4.89. The van der Waals surface area contributed by atoms with Crippen LogP contribution in [0.15, 0.2) is 59.5 Å². The van der Waals surface area contributed by atoms with Gasteiger partial charge in [-0.3, -0.25) is 0 Å². The normalized spacial score (nSPS) is 15.4. The van der Waals surface area contributed by atoms with Crippen molar-refractivity contribution in [1.82, 2.24) is 14.5 Å². The number of halogens is 3. The van der Waals surface area contributed by atoms with Crippen molar-refractivity contribution in [3.8, 4) is 11.3 Å². The van der Waals surface area contributed by atoms with Crippen LogP contribution in [0, 0.1) is 0 Å². The molecule has 0 amide bonds. The predicted molar refractivity (Wildman–Crippen MR) is 120 cm³/mol. The molecule has 0 aliphatic carbocycles. The second-order valence-electron chi connectivity index (χ2n) is 6.73. The zero-order chi connectivity index (χ0) is 21.3. The Hall–Kier alpha value is -1.90. The van der Waals surface area contributed by atoms with Gasteiger partial charge in [-0.25, -0.2) is 8.42 Å². The summed E-state index contributed by atoms with van der Waals surface area (Å²) in [4.78, 5) is 2.03. The van der Waals surface area contributed by atoms with Crippen molar-refractivity contribution >= 4 is 50.6 Å². The van der Waals surface area contributed by atoms with Crippen molar-refractivity contribution in [2.75, 3.05) is 31.1 Å². The average Bonchev–Trinajstić information content (AvgIpc) is 2.76. The number of rotatable bonds is 4. The lowest BCUT2D eigenvalue weighted by Crippen LogP contribution is -2.49. The Balaban J connectivity index is 1.45. The summed E-state index contributed by atoms with van der Waals surface area (Å²) in [7, 11) is -3.72. The Morgan fingerprint density at radius 3 is 2.13 bits per heavy atom. The molecule has 0 spiro atoms. The van der Waals surface area contributed by atoms with Gasteiger partial charge >= 0.3 is 0 Å². The Kier molecular flexibility index (Phi) is 6.18. The van der Waals surface area contributed by atoms with E-state index in [4.69, 9.17) is 34.8 Å². The molecule has 0 saturated carbocycles. The summed E-state index contributed by atoms with van der Waals surface area (Å²) < 4.78 is 27.3. The van der Waals surface area contributed by atoms with Gasteiger partial charge in [-0.05, 0) is 36.4 Å². The highest BCUT2D eigenvalue weighted by Crippen LogP contribution is 2.31. The highest BCUT2D eigenvalue weighted by Gasteiger charge is 2.31. The van der Waals surface area contributed by atoms with E-state index in [2.05, 4.69) is 10.2 Å². The van der Waals surface area contributed by atoms with Gasteiger partial charge in [0, 0.05) is 36.8 Å². The van der Waals surface area contributed by atoms with E-state index in [9.17, 15) is 8.42 Å². The number of hydrogen-bond donors (Lipinski definition) is 0. The summed E-state index contributed by atoms with van der Waals surface area (Å²) in [6.07, 6.45) is 0. The average molecular weight is 484 g/mol. The first kappa shape index (κ1) is 21.3. The Labute approximate surface area is 190 Å². The van der Waals surface area contributed by atoms with Crippen LogP contribution in [0.2, 0.25) is 15.1 Å². The minimum atomic E-state index is -3.72. The lowest BCUT2D eigenvalue weighted by atomic mass is 10.1. The number of anilines is 1. The second kappa shape index (κ2) is 8.69. The van der Waals surface area contributed by atoms with Gasteiger partial charge in [0.05, 0.1) is 15.7 Å². The summed E-state index contributed by atoms with van der Waals surface area (Å²) in [5.41, 5.74) is 1.67. The quantitative estimate of drug-likeness (QED) is 0.542. The maximum atomic E-state index is 13.0. The fourth-order valence-electron chi connectivity index (χ4n) is 3.25. The molecule has 1 aliphatic heterocycles. The molecule has 1 aliphatic rings. The van der Waals surface area contributed by atoms with Crippen LogP contribution in [0.1, 0.15) is 0 Å². The highest BCUT2D eigenvalue weighted by atomic mass is 35.5. The zero-order valence-corrected chi connectivity index (χ0v) is 18.8. The van der Waals surface area contributed by atoms with Crippen molar-refractivity contribution in [3.05, 3.63) is 69.7 Å². The molecule has 4 rings (SSSR count). The van der Waals surface area contributed by atoms with Crippen LogP contribution in [0.3, 0.4) is 0 Å². The molecular formula is C20H17Cl3N4O2S. The van der Waals surface area contributed by atoms with E-state index in [0.717, 1.165) is 11.3 Å². The van der Waals surface area contributed by atoms with Gasteiger partial charge in [0.15, 0.2) is 5.82 Å². The first-order chi connectivity index (χ1) is 14.4. The van der Waals surface area contributed by atoms with Crippen LogP contribution in [0.4, 0.5) is 5.82 Å². The molecule has 10 heteroatoms. The fourth-order valence-corrected chi connectivity index (χ4v) is 5.53. The predicted octanol–water partition coefficient (Wildman–Crippen LogP) is 4.61. The third-order valence-corrected chi connectivity index (χ3v) is 8.01. The molecule has 30 heavy (non-hydrogen) atoms. The number of benzene rings is 2. The number of piperazine rings is 1. The Bertz CT molecular complexity index is 1150. The molecule has 6 nitrogen and oxygen atoms in total. The van der Waals surface area contributed by atoms with Crippen molar-refractivity contribution in [1.29, 1.82) is 0 Å². The molecule has 1 aromatic heterocycles. The molecule has 1 saturated heterocycles. The van der Waals surface area contributed by atoms with Gasteiger partial charge in [0.25, 0.3) is 0 Å².